The fourth-order valence-electron chi connectivity index (χ4n) is 0.993. The minimum Gasteiger partial charge on any atom is -0.475 e. The van der Waals surface area contributed by atoms with Crippen LogP contribution in [0, 0.1) is 6.92 Å². The Morgan fingerprint density at radius 1 is 1.60 bits per heavy atom. The zero-order valence-corrected chi connectivity index (χ0v) is 8.19. The third kappa shape index (κ3) is 2.43. The fraction of sp³-hybridized carbons (Fsp3) is 0.0909. The van der Waals surface area contributed by atoms with Gasteiger partial charge in [0.05, 0.1) is 0 Å². The molecule has 4 nitrogen and oxygen atoms in total. The Morgan fingerprint density at radius 3 is 2.80 bits per heavy atom. The molecule has 1 aromatic rings. The summed E-state index contributed by atoms with van der Waals surface area (Å²) in [5, 5.41) is 8.67. The van der Waals surface area contributed by atoms with Crippen molar-refractivity contribution in [1.82, 2.24) is 0 Å². The minimum absolute atomic E-state index is 0.236. The van der Waals surface area contributed by atoms with Gasteiger partial charge in [-0.05, 0) is 13.0 Å². The van der Waals surface area contributed by atoms with Crippen molar-refractivity contribution in [2.24, 2.45) is 0 Å². The number of carboxylic acid groups (broad SMARTS) is 1. The predicted octanol–water partition coefficient (Wildman–Crippen LogP) is 1.85. The van der Waals surface area contributed by atoms with Crippen LogP contribution in [0.2, 0.25) is 0 Å². The van der Waals surface area contributed by atoms with Crippen molar-refractivity contribution in [2.45, 2.75) is 6.92 Å². The zero-order valence-electron chi connectivity index (χ0n) is 8.19. The third-order valence-electron chi connectivity index (χ3n) is 1.82. The van der Waals surface area contributed by atoms with Crippen LogP contribution in [0.4, 0.5) is 0 Å². The average molecular weight is 206 g/mol. The topological polar surface area (TPSA) is 67.5 Å². The molecule has 1 aromatic heterocycles. The molecule has 15 heavy (non-hydrogen) atoms. The highest BCUT2D eigenvalue weighted by molar-refractivity contribution is 5.84. The van der Waals surface area contributed by atoms with Gasteiger partial charge in [-0.1, -0.05) is 18.7 Å². The van der Waals surface area contributed by atoms with Gasteiger partial charge in [0.2, 0.25) is 5.76 Å². The molecule has 0 amide bonds. The van der Waals surface area contributed by atoms with Gasteiger partial charge >= 0.3 is 5.97 Å². The fourth-order valence-corrected chi connectivity index (χ4v) is 0.993. The summed E-state index contributed by atoms with van der Waals surface area (Å²) in [4.78, 5) is 22.0. The summed E-state index contributed by atoms with van der Waals surface area (Å²) in [5.41, 5.74) is 0.0143. The van der Waals surface area contributed by atoms with Gasteiger partial charge < -0.3 is 9.52 Å². The van der Waals surface area contributed by atoms with Gasteiger partial charge in [-0.3, -0.25) is 4.79 Å². The van der Waals surface area contributed by atoms with E-state index in [2.05, 4.69) is 6.58 Å². The van der Waals surface area contributed by atoms with Gasteiger partial charge in [0.1, 0.15) is 5.76 Å². The predicted molar refractivity (Wildman–Crippen MR) is 55.9 cm³/mol. The molecule has 78 valence electrons. The molecule has 0 atom stereocenters. The van der Waals surface area contributed by atoms with Crippen LogP contribution in [0.1, 0.15) is 21.9 Å². The zero-order chi connectivity index (χ0) is 11.4. The number of carbonyl (C=O) groups is 1. The lowest BCUT2D eigenvalue weighted by atomic mass is 10.2. The molecular weight excluding hydrogens is 196 g/mol. The molecule has 1 N–H and O–H groups in total. The summed E-state index contributed by atoms with van der Waals surface area (Å²) >= 11 is 0. The Bertz CT molecular complexity index is 480. The van der Waals surface area contributed by atoms with Crippen molar-refractivity contribution in [3.63, 3.8) is 0 Å². The van der Waals surface area contributed by atoms with Gasteiger partial charge in [-0.2, -0.15) is 0 Å². The van der Waals surface area contributed by atoms with E-state index in [1.54, 1.807) is 13.0 Å². The van der Waals surface area contributed by atoms with Crippen molar-refractivity contribution in [1.29, 1.82) is 0 Å². The summed E-state index contributed by atoms with van der Waals surface area (Å²) < 4.78 is 5.02. The number of hydrogen-bond acceptors (Lipinski definition) is 3. The minimum atomic E-state index is -1.26. The number of carboxylic acids is 1. The lowest BCUT2D eigenvalue weighted by Crippen LogP contribution is -2.10. The number of allylic oxidation sites excluding steroid dienone is 2. The van der Waals surface area contributed by atoms with Crippen LogP contribution in [-0.4, -0.2) is 11.1 Å². The first-order valence-corrected chi connectivity index (χ1v) is 4.23. The summed E-state index contributed by atoms with van der Waals surface area (Å²) in [6.07, 6.45) is 4.57. The highest BCUT2D eigenvalue weighted by atomic mass is 16.4. The van der Waals surface area contributed by atoms with Crippen LogP contribution >= 0.6 is 0 Å². The van der Waals surface area contributed by atoms with E-state index in [0.29, 0.717) is 5.56 Å². The van der Waals surface area contributed by atoms with Gasteiger partial charge in [0, 0.05) is 11.6 Å². The Morgan fingerprint density at radius 2 is 2.27 bits per heavy atom. The van der Waals surface area contributed by atoms with E-state index in [1.165, 1.54) is 12.2 Å². The Kier molecular flexibility index (Phi) is 3.23. The Labute approximate surface area is 86.2 Å². The maximum atomic E-state index is 11.3. The van der Waals surface area contributed by atoms with Crippen LogP contribution in [0.15, 0.2) is 34.0 Å². The maximum Gasteiger partial charge on any atom is 0.371 e. The van der Waals surface area contributed by atoms with Gasteiger partial charge in [-0.25, -0.2) is 4.79 Å². The standard InChI is InChI=1S/C11H10O4/c1-3-4-5-9-7(2)8(12)6-10(15-9)11(13)14/h3-6H,1H2,2H3,(H,13,14)/b5-4-. The molecule has 0 aliphatic rings. The first-order valence-electron chi connectivity index (χ1n) is 4.23. The van der Waals surface area contributed by atoms with E-state index in [0.717, 1.165) is 6.07 Å². The van der Waals surface area contributed by atoms with E-state index in [9.17, 15) is 9.59 Å². The second-order valence-corrected chi connectivity index (χ2v) is 2.86. The quantitative estimate of drug-likeness (QED) is 0.766. The highest BCUT2D eigenvalue weighted by Gasteiger charge is 2.11. The molecule has 0 spiro atoms. The Balaban J connectivity index is 3.37. The Hall–Kier alpha value is -2.10. The SMILES string of the molecule is C=C/C=C\c1oc(C(=O)O)cc(=O)c1C. The summed E-state index contributed by atoms with van der Waals surface area (Å²) in [6.45, 7) is 5.03. The molecule has 1 heterocycles. The first kappa shape index (κ1) is 11.0. The van der Waals surface area contributed by atoms with Gasteiger partial charge in [0.15, 0.2) is 5.43 Å². The smallest absolute Gasteiger partial charge is 0.371 e. The number of hydrogen-bond donors (Lipinski definition) is 1. The van der Waals surface area contributed by atoms with E-state index in [4.69, 9.17) is 9.52 Å². The lowest BCUT2D eigenvalue weighted by molar-refractivity contribution is 0.0658. The molecule has 0 aliphatic heterocycles. The van der Waals surface area contributed by atoms with Crippen LogP contribution in [0.5, 0.6) is 0 Å². The van der Waals surface area contributed by atoms with Crippen LogP contribution in [0.25, 0.3) is 6.08 Å². The molecule has 0 saturated heterocycles. The van der Waals surface area contributed by atoms with E-state index < -0.39 is 5.97 Å². The summed E-state index contributed by atoms with van der Waals surface area (Å²) in [6, 6.07) is 0.961. The van der Waals surface area contributed by atoms with Gasteiger partial charge in [0.25, 0.3) is 0 Å². The van der Waals surface area contributed by atoms with E-state index in [1.807, 2.05) is 0 Å². The molecule has 4 heteroatoms. The number of aromatic carboxylic acids is 1. The maximum absolute atomic E-state index is 11.3. The molecule has 0 aromatic carbocycles. The molecule has 1 rings (SSSR count). The monoisotopic (exact) mass is 206 g/mol. The van der Waals surface area contributed by atoms with Crippen molar-refractivity contribution in [3.8, 4) is 0 Å². The number of rotatable bonds is 3. The molecule has 0 radical (unpaired) electrons. The summed E-state index contributed by atoms with van der Waals surface area (Å²) in [5.74, 6) is -1.39. The van der Waals surface area contributed by atoms with Crippen molar-refractivity contribution >= 4 is 12.0 Å². The van der Waals surface area contributed by atoms with Crippen LogP contribution < -0.4 is 5.43 Å². The summed E-state index contributed by atoms with van der Waals surface area (Å²) in [7, 11) is 0. The van der Waals surface area contributed by atoms with E-state index in [-0.39, 0.29) is 16.9 Å². The average Bonchev–Trinajstić information content (AvgIpc) is 2.19. The second-order valence-electron chi connectivity index (χ2n) is 2.86. The third-order valence-corrected chi connectivity index (χ3v) is 1.82. The molecule has 0 aliphatic carbocycles. The van der Waals surface area contributed by atoms with Crippen LogP contribution in [0.3, 0.4) is 0 Å². The van der Waals surface area contributed by atoms with Crippen molar-refractivity contribution in [2.75, 3.05) is 0 Å². The highest BCUT2D eigenvalue weighted by Crippen LogP contribution is 2.09. The van der Waals surface area contributed by atoms with Crippen molar-refractivity contribution < 1.29 is 14.3 Å². The molecule has 0 bridgehead atoms. The van der Waals surface area contributed by atoms with E-state index >= 15 is 0 Å². The molecule has 0 unspecified atom stereocenters. The second kappa shape index (κ2) is 4.41. The van der Waals surface area contributed by atoms with Crippen molar-refractivity contribution in [3.05, 3.63) is 52.1 Å². The first-order chi connectivity index (χ1) is 7.06. The van der Waals surface area contributed by atoms with Gasteiger partial charge in [-0.15, -0.1) is 0 Å². The largest absolute Gasteiger partial charge is 0.475 e. The van der Waals surface area contributed by atoms with Crippen LogP contribution in [-0.2, 0) is 0 Å². The molecule has 0 saturated carbocycles. The molecule has 0 fully saturated rings. The normalized spacial score (nSPS) is 10.5. The molecular formula is C11H10O4. The lowest BCUT2D eigenvalue weighted by Gasteiger charge is -2.00.